The van der Waals surface area contributed by atoms with Crippen LogP contribution in [0.25, 0.3) is 22.4 Å². The summed E-state index contributed by atoms with van der Waals surface area (Å²) in [5, 5.41) is 5.80. The highest BCUT2D eigenvalue weighted by Gasteiger charge is 2.20. The van der Waals surface area contributed by atoms with Crippen LogP contribution in [0.5, 0.6) is 0 Å². The SMILES string of the molecule is C#C.C/C=C(Cl)\C(Cl)=C(/C)NC(=O)c1sc2nc3c(cc2c1N)=CCC1=C(C=3)OCCO1. The van der Waals surface area contributed by atoms with E-state index in [0.717, 1.165) is 21.7 Å². The summed E-state index contributed by atoms with van der Waals surface area (Å²) in [6.07, 6.45) is 14.2. The lowest BCUT2D eigenvalue weighted by atomic mass is 10.2. The molecule has 2 aromatic rings. The van der Waals surface area contributed by atoms with Crippen molar-refractivity contribution >= 4 is 68.5 Å². The van der Waals surface area contributed by atoms with Crippen LogP contribution in [0.15, 0.2) is 39.4 Å². The monoisotopic (exact) mass is 489 g/mol. The van der Waals surface area contributed by atoms with Crippen molar-refractivity contribution in [2.24, 2.45) is 0 Å². The van der Waals surface area contributed by atoms with Crippen molar-refractivity contribution in [3.63, 3.8) is 0 Å². The molecule has 3 heterocycles. The molecule has 0 fully saturated rings. The summed E-state index contributed by atoms with van der Waals surface area (Å²) in [6.45, 7) is 4.49. The predicted molar refractivity (Wildman–Crippen MR) is 131 cm³/mol. The Bertz CT molecular complexity index is 1320. The number of carbonyl (C=O) groups is 1. The van der Waals surface area contributed by atoms with E-state index in [-0.39, 0.29) is 10.9 Å². The van der Waals surface area contributed by atoms with Gasteiger partial charge in [-0.25, -0.2) is 4.98 Å². The number of allylic oxidation sites excluding steroid dienone is 6. The van der Waals surface area contributed by atoms with Gasteiger partial charge in [0.15, 0.2) is 5.76 Å². The third kappa shape index (κ3) is 4.63. The van der Waals surface area contributed by atoms with Crippen LogP contribution in [0.2, 0.25) is 0 Å². The Hall–Kier alpha value is -2.92. The van der Waals surface area contributed by atoms with Crippen molar-refractivity contribution in [2.45, 2.75) is 20.3 Å². The van der Waals surface area contributed by atoms with E-state index in [1.165, 1.54) is 11.3 Å². The van der Waals surface area contributed by atoms with Gasteiger partial charge in [0.05, 0.1) is 21.1 Å². The van der Waals surface area contributed by atoms with Gasteiger partial charge in [0.1, 0.15) is 28.7 Å². The first-order valence-electron chi connectivity index (χ1n) is 9.62. The maximum Gasteiger partial charge on any atom is 0.267 e. The minimum atomic E-state index is -0.358. The van der Waals surface area contributed by atoms with Crippen molar-refractivity contribution in [3.05, 3.63) is 54.9 Å². The Balaban J connectivity index is 0.00000141. The van der Waals surface area contributed by atoms with Crippen LogP contribution < -0.4 is 21.6 Å². The van der Waals surface area contributed by atoms with Crippen molar-refractivity contribution in [2.75, 3.05) is 18.9 Å². The summed E-state index contributed by atoms with van der Waals surface area (Å²) in [7, 11) is 0. The van der Waals surface area contributed by atoms with E-state index in [1.54, 1.807) is 19.9 Å². The van der Waals surface area contributed by atoms with Gasteiger partial charge in [-0.3, -0.25) is 4.79 Å². The first-order chi connectivity index (χ1) is 15.4. The minimum Gasteiger partial charge on any atom is -0.490 e. The Morgan fingerprint density at radius 2 is 2.03 bits per heavy atom. The molecule has 1 amide bonds. The molecule has 2 aromatic heterocycles. The zero-order valence-electron chi connectivity index (χ0n) is 17.5. The number of anilines is 1. The van der Waals surface area contributed by atoms with Crippen LogP contribution in [-0.4, -0.2) is 24.1 Å². The fourth-order valence-corrected chi connectivity index (χ4v) is 4.46. The lowest BCUT2D eigenvalue weighted by Gasteiger charge is -2.18. The minimum absolute atomic E-state index is 0.278. The number of ether oxygens (including phenoxy) is 2. The smallest absolute Gasteiger partial charge is 0.267 e. The molecule has 0 saturated heterocycles. The topological polar surface area (TPSA) is 86.5 Å². The lowest BCUT2D eigenvalue weighted by molar-refractivity contribution is 0.0712. The third-order valence-corrected chi connectivity index (χ3v) is 6.85. The van der Waals surface area contributed by atoms with Crippen LogP contribution in [-0.2, 0) is 9.47 Å². The normalized spacial score (nSPS) is 15.9. The van der Waals surface area contributed by atoms with E-state index in [1.807, 2.05) is 18.2 Å². The molecule has 32 heavy (non-hydrogen) atoms. The van der Waals surface area contributed by atoms with Gasteiger partial charge in [0.25, 0.3) is 5.91 Å². The molecule has 166 valence electrons. The number of nitrogens with one attached hydrogen (secondary N) is 1. The third-order valence-electron chi connectivity index (χ3n) is 4.75. The van der Waals surface area contributed by atoms with Crippen molar-refractivity contribution < 1.29 is 14.3 Å². The summed E-state index contributed by atoms with van der Waals surface area (Å²) in [5.74, 6) is 1.14. The second-order valence-electron chi connectivity index (χ2n) is 6.73. The van der Waals surface area contributed by atoms with Gasteiger partial charge in [0.2, 0.25) is 0 Å². The van der Waals surface area contributed by atoms with Gasteiger partial charge < -0.3 is 20.5 Å². The molecule has 0 spiro atoms. The van der Waals surface area contributed by atoms with Crippen molar-refractivity contribution in [3.8, 4) is 12.8 Å². The number of aromatic nitrogens is 1. The quantitative estimate of drug-likeness (QED) is 0.507. The van der Waals surface area contributed by atoms with Gasteiger partial charge in [0, 0.05) is 23.6 Å². The standard InChI is InChI=1S/C21H19Cl2N3O3S.C2H2/c1-3-13(22)17(23)10(2)25-20(27)19-18(24)12-8-11-4-5-15-16(29-7-6-28-15)9-14(11)26-21(12)30-19;1-2/h3-4,8-9H,5-7,24H2,1-2H3,(H,25,27);1-2H/b13-3+,17-10-;. The molecule has 3 N–H and O–H groups in total. The lowest BCUT2D eigenvalue weighted by Crippen LogP contribution is -2.27. The van der Waals surface area contributed by atoms with Crippen LogP contribution in [0.1, 0.15) is 29.9 Å². The van der Waals surface area contributed by atoms with Gasteiger partial charge >= 0.3 is 0 Å². The van der Waals surface area contributed by atoms with E-state index in [4.69, 9.17) is 43.4 Å². The van der Waals surface area contributed by atoms with E-state index in [2.05, 4.69) is 18.2 Å². The number of carbonyl (C=O) groups excluding carboxylic acids is 1. The number of fused-ring (bicyclic) bond motifs is 2. The summed E-state index contributed by atoms with van der Waals surface area (Å²) in [6, 6.07) is 1.95. The fraction of sp³-hybridized carbons (Fsp3) is 0.217. The summed E-state index contributed by atoms with van der Waals surface area (Å²) < 4.78 is 11.4. The highest BCUT2D eigenvalue weighted by atomic mass is 35.5. The molecular weight excluding hydrogens is 469 g/mol. The van der Waals surface area contributed by atoms with Gasteiger partial charge in [-0.2, -0.15) is 0 Å². The van der Waals surface area contributed by atoms with Gasteiger partial charge in [-0.1, -0.05) is 35.4 Å². The number of nitrogens with zero attached hydrogens (tertiary/aromatic N) is 1. The average molecular weight is 490 g/mol. The average Bonchev–Trinajstić information content (AvgIpc) is 3.01. The molecule has 0 bridgehead atoms. The van der Waals surface area contributed by atoms with E-state index in [0.29, 0.717) is 51.5 Å². The number of thiophene rings is 1. The Kier molecular flexibility index (Phi) is 7.52. The maximum absolute atomic E-state index is 12.8. The first kappa shape index (κ1) is 23.7. The molecule has 9 heteroatoms. The number of hydrogen-bond acceptors (Lipinski definition) is 6. The Morgan fingerprint density at radius 1 is 1.31 bits per heavy atom. The number of rotatable bonds is 3. The second kappa shape index (κ2) is 10.1. The molecule has 1 aliphatic heterocycles. The zero-order chi connectivity index (χ0) is 23.4. The molecule has 0 atom stereocenters. The van der Waals surface area contributed by atoms with Crippen LogP contribution in [0, 0.1) is 12.8 Å². The molecule has 6 nitrogen and oxygen atoms in total. The Morgan fingerprint density at radius 3 is 2.75 bits per heavy atom. The van der Waals surface area contributed by atoms with E-state index in [9.17, 15) is 4.79 Å². The van der Waals surface area contributed by atoms with Crippen LogP contribution >= 0.6 is 34.5 Å². The number of nitrogens with two attached hydrogens (primary N) is 1. The largest absolute Gasteiger partial charge is 0.490 e. The Labute approximate surface area is 199 Å². The van der Waals surface area contributed by atoms with Crippen molar-refractivity contribution in [1.82, 2.24) is 10.3 Å². The number of hydrogen-bond donors (Lipinski definition) is 2. The van der Waals surface area contributed by atoms with Crippen molar-refractivity contribution in [1.29, 1.82) is 0 Å². The maximum atomic E-state index is 12.8. The molecule has 2 aliphatic rings. The highest BCUT2D eigenvalue weighted by molar-refractivity contribution is 7.21. The first-order valence-corrected chi connectivity index (χ1v) is 11.2. The van der Waals surface area contributed by atoms with Crippen LogP contribution in [0.4, 0.5) is 5.69 Å². The zero-order valence-corrected chi connectivity index (χ0v) is 19.8. The molecule has 4 rings (SSSR count). The molecule has 0 radical (unpaired) electrons. The van der Waals surface area contributed by atoms with Crippen LogP contribution in [0.3, 0.4) is 0 Å². The number of terminal acetylenes is 1. The fourth-order valence-electron chi connectivity index (χ4n) is 3.18. The van der Waals surface area contributed by atoms with E-state index >= 15 is 0 Å². The number of pyridine rings is 1. The number of amides is 1. The van der Waals surface area contributed by atoms with E-state index < -0.39 is 0 Å². The van der Waals surface area contributed by atoms with Gasteiger partial charge in [-0.15, -0.1) is 24.2 Å². The predicted octanol–water partition coefficient (Wildman–Crippen LogP) is 3.69. The second-order valence-corrected chi connectivity index (χ2v) is 8.51. The summed E-state index contributed by atoms with van der Waals surface area (Å²) >= 11 is 13.4. The molecule has 1 aliphatic carbocycles. The highest BCUT2D eigenvalue weighted by Crippen LogP contribution is 2.31. The number of nitrogen functional groups attached to an aromatic ring is 1. The molecule has 0 aromatic carbocycles. The summed E-state index contributed by atoms with van der Waals surface area (Å²) in [5.41, 5.74) is 7.13. The van der Waals surface area contributed by atoms with Gasteiger partial charge in [-0.05, 0) is 25.1 Å². The molecule has 0 unspecified atom stereocenters. The molecule has 0 saturated carbocycles. The molecular formula is C23H21Cl2N3O3S. The number of halogens is 2. The summed E-state index contributed by atoms with van der Waals surface area (Å²) in [4.78, 5) is 18.6.